The second kappa shape index (κ2) is 15.3. The van der Waals surface area contributed by atoms with Gasteiger partial charge in [0.25, 0.3) is 0 Å². The summed E-state index contributed by atoms with van der Waals surface area (Å²) in [6, 6.07) is 30.8. The predicted octanol–water partition coefficient (Wildman–Crippen LogP) is 8.13. The number of pyridine rings is 2. The predicted molar refractivity (Wildman–Crippen MR) is 192 cm³/mol. The molecule has 4 atom stereocenters. The molecule has 2 aliphatic heterocycles. The van der Waals surface area contributed by atoms with Crippen LogP contribution in [0.5, 0.6) is 0 Å². The highest BCUT2D eigenvalue weighted by atomic mass is 32.1. The zero-order chi connectivity index (χ0) is 34.1. The third-order valence-corrected chi connectivity index (χ3v) is 9.62. The first-order chi connectivity index (χ1) is 24.6. The number of carbonyl (C=O) groups excluding carboxylic acids is 2. The standard InChI is InChI=1S/2C20H14N2O2S/c2*23-20-22-18(19(24-20)17-7-4-10-25-17)16-11-15(12-21-13-16)9-8-14-5-2-1-3-6-14/h2*1-7,10-13,18-19H,(H,22,23)/t2*18-,19-/m10/s1. The van der Waals surface area contributed by atoms with Gasteiger partial charge in [0.05, 0.1) is 0 Å². The van der Waals surface area contributed by atoms with Gasteiger partial charge in [-0.3, -0.25) is 9.97 Å². The molecule has 10 heteroatoms. The second-order valence-corrected chi connectivity index (χ2v) is 13.1. The molecule has 0 bridgehead atoms. The Labute approximate surface area is 297 Å². The van der Waals surface area contributed by atoms with Crippen LogP contribution in [0, 0.1) is 23.7 Å². The summed E-state index contributed by atoms with van der Waals surface area (Å²) >= 11 is 3.13. The summed E-state index contributed by atoms with van der Waals surface area (Å²) in [7, 11) is 0. The van der Waals surface area contributed by atoms with E-state index >= 15 is 0 Å². The lowest BCUT2D eigenvalue weighted by Crippen LogP contribution is -2.19. The summed E-state index contributed by atoms with van der Waals surface area (Å²) in [6.07, 6.45) is 5.42. The van der Waals surface area contributed by atoms with E-state index in [9.17, 15) is 9.59 Å². The minimum atomic E-state index is -0.413. The zero-order valence-corrected chi connectivity index (χ0v) is 28.0. The summed E-state index contributed by atoms with van der Waals surface area (Å²) in [5.41, 5.74) is 5.25. The Kier molecular flexibility index (Phi) is 9.93. The molecule has 8 nitrogen and oxygen atoms in total. The molecule has 6 aromatic rings. The van der Waals surface area contributed by atoms with E-state index in [4.69, 9.17) is 9.47 Å². The maximum Gasteiger partial charge on any atom is 0.408 e. The number of rotatable bonds is 4. The maximum absolute atomic E-state index is 11.8. The van der Waals surface area contributed by atoms with E-state index in [2.05, 4.69) is 44.3 Å². The number of hydrogen-bond donors (Lipinski definition) is 2. The van der Waals surface area contributed by atoms with Gasteiger partial charge >= 0.3 is 12.2 Å². The fraction of sp³-hybridized carbons (Fsp3) is 0.100. The monoisotopic (exact) mass is 692 g/mol. The van der Waals surface area contributed by atoms with Crippen LogP contribution in [0.15, 0.2) is 133 Å². The van der Waals surface area contributed by atoms with Crippen molar-refractivity contribution in [3.8, 4) is 23.7 Å². The van der Waals surface area contributed by atoms with Gasteiger partial charge in [0, 0.05) is 56.8 Å². The molecule has 0 aliphatic carbocycles. The molecule has 0 radical (unpaired) electrons. The van der Waals surface area contributed by atoms with E-state index in [0.717, 1.165) is 43.1 Å². The summed E-state index contributed by atoms with van der Waals surface area (Å²) < 4.78 is 10.9. The van der Waals surface area contributed by atoms with Crippen molar-refractivity contribution in [3.05, 3.63) is 176 Å². The normalized spacial score (nSPS) is 18.8. The van der Waals surface area contributed by atoms with Crippen molar-refractivity contribution in [1.29, 1.82) is 0 Å². The highest BCUT2D eigenvalue weighted by Crippen LogP contribution is 2.39. The molecule has 50 heavy (non-hydrogen) atoms. The highest BCUT2D eigenvalue weighted by Gasteiger charge is 2.38. The molecule has 0 unspecified atom stereocenters. The van der Waals surface area contributed by atoms with Gasteiger partial charge in [0.2, 0.25) is 0 Å². The Balaban J connectivity index is 0.000000157. The van der Waals surface area contributed by atoms with Crippen molar-refractivity contribution < 1.29 is 19.1 Å². The Morgan fingerprint density at radius 3 is 1.34 bits per heavy atom. The second-order valence-electron chi connectivity index (χ2n) is 11.2. The number of amides is 2. The topological polar surface area (TPSA) is 102 Å². The van der Waals surface area contributed by atoms with E-state index in [1.165, 1.54) is 0 Å². The molecule has 2 aliphatic rings. The van der Waals surface area contributed by atoms with Crippen LogP contribution in [0.2, 0.25) is 0 Å². The van der Waals surface area contributed by atoms with Crippen LogP contribution in [0.4, 0.5) is 9.59 Å². The van der Waals surface area contributed by atoms with Gasteiger partial charge in [0.1, 0.15) is 12.1 Å². The number of ether oxygens (including phenoxy) is 2. The highest BCUT2D eigenvalue weighted by molar-refractivity contribution is 7.10. The Morgan fingerprint density at radius 2 is 0.940 bits per heavy atom. The average Bonchev–Trinajstić information content (AvgIpc) is 3.99. The van der Waals surface area contributed by atoms with Crippen molar-refractivity contribution in [2.75, 3.05) is 0 Å². The smallest absolute Gasteiger partial charge is 0.408 e. The molecule has 0 spiro atoms. The van der Waals surface area contributed by atoms with Crippen molar-refractivity contribution in [2.45, 2.75) is 24.3 Å². The minimum Gasteiger partial charge on any atom is -0.438 e. The van der Waals surface area contributed by atoms with Crippen LogP contribution < -0.4 is 10.6 Å². The van der Waals surface area contributed by atoms with E-state index < -0.39 is 12.2 Å². The van der Waals surface area contributed by atoms with Gasteiger partial charge in [-0.2, -0.15) is 0 Å². The molecule has 6 heterocycles. The van der Waals surface area contributed by atoms with Crippen LogP contribution in [-0.2, 0) is 9.47 Å². The third kappa shape index (κ3) is 7.91. The number of aromatic nitrogens is 2. The quantitative estimate of drug-likeness (QED) is 0.181. The first-order valence-electron chi connectivity index (χ1n) is 15.6. The van der Waals surface area contributed by atoms with Crippen molar-refractivity contribution >= 4 is 34.9 Å². The molecule has 2 saturated heterocycles. The molecular formula is C40H28N4O4S2. The molecule has 2 fully saturated rings. The van der Waals surface area contributed by atoms with Crippen LogP contribution in [0.25, 0.3) is 0 Å². The number of cyclic esters (lactones) is 2. The fourth-order valence-corrected chi connectivity index (χ4v) is 7.01. The Hall–Kier alpha value is -6.20. The average molecular weight is 693 g/mol. The number of nitrogens with one attached hydrogen (secondary N) is 2. The van der Waals surface area contributed by atoms with Crippen molar-refractivity contribution in [3.63, 3.8) is 0 Å². The lowest BCUT2D eigenvalue weighted by atomic mass is 10.0. The van der Waals surface area contributed by atoms with E-state index in [1.807, 2.05) is 108 Å². The number of benzene rings is 2. The van der Waals surface area contributed by atoms with Gasteiger partial charge in [0.15, 0.2) is 12.2 Å². The third-order valence-electron chi connectivity index (χ3n) is 7.75. The number of carbonyl (C=O) groups is 2. The van der Waals surface area contributed by atoms with Gasteiger partial charge in [-0.25, -0.2) is 9.59 Å². The zero-order valence-electron chi connectivity index (χ0n) is 26.4. The number of hydrogen-bond acceptors (Lipinski definition) is 8. The molecule has 244 valence electrons. The van der Waals surface area contributed by atoms with Gasteiger partial charge in [-0.15, -0.1) is 22.7 Å². The van der Waals surface area contributed by atoms with Crippen LogP contribution >= 0.6 is 22.7 Å². The molecule has 2 aromatic carbocycles. The Bertz CT molecular complexity index is 2040. The first kappa shape index (κ1) is 32.4. The molecule has 4 aromatic heterocycles. The van der Waals surface area contributed by atoms with E-state index in [1.54, 1.807) is 47.5 Å². The van der Waals surface area contributed by atoms with Gasteiger partial charge < -0.3 is 20.1 Å². The number of nitrogens with zero attached hydrogens (tertiary/aromatic N) is 2. The minimum absolute atomic E-state index is 0.267. The summed E-state index contributed by atoms with van der Waals surface area (Å²) in [4.78, 5) is 34.1. The number of thiophene rings is 2. The molecule has 8 rings (SSSR count). The fourth-order valence-electron chi connectivity index (χ4n) is 5.43. The summed E-state index contributed by atoms with van der Waals surface area (Å²) in [5, 5.41) is 9.68. The molecule has 2 N–H and O–H groups in total. The molecular weight excluding hydrogens is 665 g/mol. The summed E-state index contributed by atoms with van der Waals surface area (Å²) in [5.74, 6) is 12.5. The van der Waals surface area contributed by atoms with Crippen molar-refractivity contribution in [1.82, 2.24) is 20.6 Å². The lowest BCUT2D eigenvalue weighted by molar-refractivity contribution is 0.133. The van der Waals surface area contributed by atoms with Crippen molar-refractivity contribution in [2.24, 2.45) is 0 Å². The van der Waals surface area contributed by atoms with Gasteiger partial charge in [-0.1, -0.05) is 72.2 Å². The molecule has 2 amide bonds. The van der Waals surface area contributed by atoms with E-state index in [-0.39, 0.29) is 24.3 Å². The Morgan fingerprint density at radius 1 is 0.520 bits per heavy atom. The SMILES string of the molecule is O=C1N[C@@H](c2cncc(C#Cc3ccccc3)c2)[C@H](c2cccs2)O1.O=C1N[C@H](c2cncc(C#Cc3ccccc3)c2)[C@@H](c2cccs2)O1. The number of alkyl carbamates (subject to hydrolysis) is 2. The lowest BCUT2D eigenvalue weighted by Gasteiger charge is -2.15. The van der Waals surface area contributed by atoms with Crippen LogP contribution in [0.3, 0.4) is 0 Å². The van der Waals surface area contributed by atoms with Gasteiger partial charge in [-0.05, 0) is 70.4 Å². The first-order valence-corrected chi connectivity index (χ1v) is 17.4. The van der Waals surface area contributed by atoms with Crippen LogP contribution in [0.1, 0.15) is 67.4 Å². The molecule has 0 saturated carbocycles. The van der Waals surface area contributed by atoms with E-state index in [0.29, 0.717) is 0 Å². The largest absolute Gasteiger partial charge is 0.438 e. The van der Waals surface area contributed by atoms with Crippen LogP contribution in [-0.4, -0.2) is 22.2 Å². The summed E-state index contributed by atoms with van der Waals surface area (Å²) in [6.45, 7) is 0. The maximum atomic E-state index is 11.8.